The lowest BCUT2D eigenvalue weighted by Crippen LogP contribution is -2.41. The first-order valence-electron chi connectivity index (χ1n) is 7.59. The van der Waals surface area contributed by atoms with Gasteiger partial charge in [-0.25, -0.2) is 0 Å². The van der Waals surface area contributed by atoms with Crippen molar-refractivity contribution in [1.29, 1.82) is 0 Å². The van der Waals surface area contributed by atoms with Gasteiger partial charge >= 0.3 is 0 Å². The number of ether oxygens (including phenoxy) is 2. The number of fused-ring (bicyclic) bond motifs is 1. The molecule has 3 rings (SSSR count). The summed E-state index contributed by atoms with van der Waals surface area (Å²) in [4.78, 5) is 0. The van der Waals surface area contributed by atoms with Gasteiger partial charge in [0, 0.05) is 0 Å². The molecule has 1 aliphatic rings. The summed E-state index contributed by atoms with van der Waals surface area (Å²) in [5.41, 5.74) is 1.13. The molecule has 116 valence electrons. The zero-order valence-electron chi connectivity index (χ0n) is 13.3. The van der Waals surface area contributed by atoms with E-state index >= 15 is 0 Å². The Balaban J connectivity index is 1.75. The molecular weight excluding hydrogens is 292 g/mol. The fraction of sp³-hybridized carbons (Fsp3) is 0.333. The Kier molecular flexibility index (Phi) is 4.22. The van der Waals surface area contributed by atoms with E-state index in [9.17, 15) is 0 Å². The zero-order valence-corrected chi connectivity index (χ0v) is 14.5. The SMILES string of the molecule is CC(C)(C)[Si@H](OCc1ccc2c(c1)OCO2)c1ccccc1. The molecule has 0 aromatic heterocycles. The van der Waals surface area contributed by atoms with Crippen LogP contribution >= 0.6 is 0 Å². The Bertz CT molecular complexity index is 635. The van der Waals surface area contributed by atoms with E-state index < -0.39 is 9.04 Å². The van der Waals surface area contributed by atoms with E-state index in [2.05, 4.69) is 51.1 Å². The quantitative estimate of drug-likeness (QED) is 0.810. The van der Waals surface area contributed by atoms with Crippen LogP contribution in [-0.4, -0.2) is 15.8 Å². The molecule has 4 heteroatoms. The highest BCUT2D eigenvalue weighted by molar-refractivity contribution is 6.70. The van der Waals surface area contributed by atoms with E-state index in [1.165, 1.54) is 5.19 Å². The molecule has 2 aromatic carbocycles. The summed E-state index contributed by atoms with van der Waals surface area (Å²) >= 11 is 0. The normalized spacial score (nSPS) is 14.9. The summed E-state index contributed by atoms with van der Waals surface area (Å²) in [5.74, 6) is 1.63. The lowest BCUT2D eigenvalue weighted by Gasteiger charge is -2.29. The maximum absolute atomic E-state index is 6.38. The average Bonchev–Trinajstić information content (AvgIpc) is 2.95. The van der Waals surface area contributed by atoms with Crippen LogP contribution in [0, 0.1) is 0 Å². The molecule has 1 aliphatic heterocycles. The molecule has 0 unspecified atom stereocenters. The van der Waals surface area contributed by atoms with E-state index in [-0.39, 0.29) is 5.04 Å². The minimum atomic E-state index is -1.54. The average molecular weight is 314 g/mol. The van der Waals surface area contributed by atoms with Crippen LogP contribution in [-0.2, 0) is 11.0 Å². The largest absolute Gasteiger partial charge is 0.454 e. The van der Waals surface area contributed by atoms with Gasteiger partial charge in [-0.2, -0.15) is 0 Å². The minimum absolute atomic E-state index is 0.164. The van der Waals surface area contributed by atoms with Gasteiger partial charge in [0.25, 0.3) is 0 Å². The van der Waals surface area contributed by atoms with Gasteiger partial charge in [0.15, 0.2) is 11.5 Å². The molecule has 1 atom stereocenters. The van der Waals surface area contributed by atoms with Gasteiger partial charge in [-0.3, -0.25) is 0 Å². The molecule has 0 N–H and O–H groups in total. The third-order valence-electron chi connectivity index (χ3n) is 3.74. The van der Waals surface area contributed by atoms with Crippen molar-refractivity contribution < 1.29 is 13.9 Å². The van der Waals surface area contributed by atoms with Gasteiger partial charge in [0.1, 0.15) is 0 Å². The molecule has 0 amide bonds. The molecule has 3 nitrogen and oxygen atoms in total. The van der Waals surface area contributed by atoms with E-state index in [0.29, 0.717) is 13.4 Å². The second kappa shape index (κ2) is 6.14. The summed E-state index contributed by atoms with van der Waals surface area (Å²) in [5, 5.41) is 1.51. The van der Waals surface area contributed by atoms with E-state index in [4.69, 9.17) is 13.9 Å². The summed E-state index contributed by atoms with van der Waals surface area (Å²) in [6.45, 7) is 7.70. The van der Waals surface area contributed by atoms with Crippen molar-refractivity contribution in [3.8, 4) is 11.5 Å². The molecule has 0 bridgehead atoms. The molecule has 0 saturated heterocycles. The predicted octanol–water partition coefficient (Wildman–Crippen LogP) is 3.36. The summed E-state index contributed by atoms with van der Waals surface area (Å²) in [7, 11) is -1.54. The van der Waals surface area contributed by atoms with Crippen LogP contribution in [0.5, 0.6) is 11.5 Å². The number of hydrogen-bond acceptors (Lipinski definition) is 3. The van der Waals surface area contributed by atoms with Gasteiger partial charge in [-0.15, -0.1) is 0 Å². The second-order valence-electron chi connectivity index (χ2n) is 6.66. The van der Waals surface area contributed by atoms with Crippen LogP contribution in [0.4, 0.5) is 0 Å². The van der Waals surface area contributed by atoms with Crippen LogP contribution in [0.1, 0.15) is 26.3 Å². The van der Waals surface area contributed by atoms with Crippen molar-refractivity contribution in [2.24, 2.45) is 0 Å². The Morgan fingerprint density at radius 2 is 1.73 bits per heavy atom. The van der Waals surface area contributed by atoms with E-state index in [0.717, 1.165) is 17.1 Å². The molecular formula is C18H22O3Si. The van der Waals surface area contributed by atoms with Crippen molar-refractivity contribution in [2.45, 2.75) is 32.4 Å². The first-order valence-corrected chi connectivity index (χ1v) is 9.22. The second-order valence-corrected chi connectivity index (χ2v) is 10.1. The van der Waals surface area contributed by atoms with Crippen molar-refractivity contribution in [3.05, 3.63) is 54.1 Å². The van der Waals surface area contributed by atoms with Crippen LogP contribution < -0.4 is 14.7 Å². The summed E-state index contributed by atoms with van der Waals surface area (Å²) in [6.07, 6.45) is 0. The highest BCUT2D eigenvalue weighted by Gasteiger charge is 2.29. The van der Waals surface area contributed by atoms with Gasteiger partial charge in [-0.05, 0) is 27.9 Å². The van der Waals surface area contributed by atoms with Crippen molar-refractivity contribution in [3.63, 3.8) is 0 Å². The highest BCUT2D eigenvalue weighted by Crippen LogP contribution is 2.33. The molecule has 0 aliphatic carbocycles. The summed E-state index contributed by atoms with van der Waals surface area (Å²) < 4.78 is 17.2. The molecule has 22 heavy (non-hydrogen) atoms. The van der Waals surface area contributed by atoms with Crippen LogP contribution in [0.2, 0.25) is 5.04 Å². The fourth-order valence-corrected chi connectivity index (χ4v) is 5.31. The van der Waals surface area contributed by atoms with Crippen molar-refractivity contribution in [1.82, 2.24) is 0 Å². The number of hydrogen-bond donors (Lipinski definition) is 0. The first-order chi connectivity index (χ1) is 10.5. The molecule has 2 aromatic rings. The van der Waals surface area contributed by atoms with Crippen molar-refractivity contribution >= 4 is 14.2 Å². The smallest absolute Gasteiger partial charge is 0.231 e. The van der Waals surface area contributed by atoms with Gasteiger partial charge in [0.05, 0.1) is 6.61 Å². The number of benzene rings is 2. The van der Waals surface area contributed by atoms with Crippen LogP contribution in [0.3, 0.4) is 0 Å². The lowest BCUT2D eigenvalue weighted by molar-refractivity contribution is 0.174. The Morgan fingerprint density at radius 3 is 2.45 bits per heavy atom. The van der Waals surface area contributed by atoms with E-state index in [1.807, 2.05) is 18.2 Å². The van der Waals surface area contributed by atoms with Crippen molar-refractivity contribution in [2.75, 3.05) is 6.79 Å². The molecule has 0 fully saturated rings. The van der Waals surface area contributed by atoms with Gasteiger partial charge in [0.2, 0.25) is 15.8 Å². The highest BCUT2D eigenvalue weighted by atomic mass is 28.3. The number of rotatable bonds is 4. The minimum Gasteiger partial charge on any atom is -0.454 e. The molecule has 0 saturated carbocycles. The molecule has 0 radical (unpaired) electrons. The topological polar surface area (TPSA) is 27.7 Å². The molecule has 0 spiro atoms. The Labute approximate surface area is 133 Å². The molecule has 1 heterocycles. The fourth-order valence-electron chi connectivity index (χ4n) is 2.68. The van der Waals surface area contributed by atoms with E-state index in [1.54, 1.807) is 0 Å². The monoisotopic (exact) mass is 314 g/mol. The summed E-state index contributed by atoms with van der Waals surface area (Å²) in [6, 6.07) is 16.6. The van der Waals surface area contributed by atoms with Crippen LogP contribution in [0.25, 0.3) is 0 Å². The van der Waals surface area contributed by atoms with Crippen LogP contribution in [0.15, 0.2) is 48.5 Å². The lowest BCUT2D eigenvalue weighted by atomic mass is 10.2. The third kappa shape index (κ3) is 3.34. The Morgan fingerprint density at radius 1 is 1.00 bits per heavy atom. The third-order valence-corrected chi connectivity index (χ3v) is 6.81. The maximum Gasteiger partial charge on any atom is 0.231 e. The zero-order chi connectivity index (χ0) is 15.6. The first kappa shape index (κ1) is 15.1. The standard InChI is InChI=1S/C18H22O3Si/c1-18(2,3)22(15-7-5-4-6-8-15)21-12-14-9-10-16-17(11-14)20-13-19-16/h4-11,22H,12-13H2,1-3H3/t22-/m1/s1. The van der Waals surface area contributed by atoms with Gasteiger partial charge < -0.3 is 13.9 Å². The predicted molar refractivity (Wildman–Crippen MR) is 90.3 cm³/mol. The Hall–Kier alpha value is -1.78. The maximum atomic E-state index is 6.38. The van der Waals surface area contributed by atoms with Gasteiger partial charge in [-0.1, -0.05) is 57.2 Å².